The smallest absolute Gasteiger partial charge is 0.390 e. The van der Waals surface area contributed by atoms with E-state index in [1.807, 2.05) is 0 Å². The Morgan fingerprint density at radius 3 is 2.57 bits per heavy atom. The van der Waals surface area contributed by atoms with E-state index in [1.165, 1.54) is 0 Å². The lowest BCUT2D eigenvalue weighted by molar-refractivity contribution is -0.173. The van der Waals surface area contributed by atoms with Crippen LogP contribution in [0.1, 0.15) is 32.1 Å². The standard InChI is InChI=1S/C13H19F3N2O5/c14-13(15,16)12(22)18-6-2-1-5-9(19)11(21)23-10(20)8-4-3-7-17-8/h8-9,17,19H,1-7H2,(H,18,22)/t8-,9?/m0/s1. The number of halogens is 3. The number of hydrogen-bond acceptors (Lipinski definition) is 6. The number of unbranched alkanes of at least 4 members (excludes halogenated alkanes) is 1. The first kappa shape index (κ1) is 19.4. The first-order valence-corrected chi connectivity index (χ1v) is 7.24. The van der Waals surface area contributed by atoms with Crippen molar-refractivity contribution in [1.29, 1.82) is 0 Å². The molecule has 0 aliphatic carbocycles. The van der Waals surface area contributed by atoms with Crippen LogP contribution in [0.25, 0.3) is 0 Å². The number of carbonyl (C=O) groups excluding carboxylic acids is 3. The number of hydrogen-bond donors (Lipinski definition) is 3. The third-order valence-corrected chi connectivity index (χ3v) is 3.27. The van der Waals surface area contributed by atoms with Gasteiger partial charge in [-0.3, -0.25) is 4.79 Å². The van der Waals surface area contributed by atoms with Gasteiger partial charge in [0.1, 0.15) is 6.04 Å². The van der Waals surface area contributed by atoms with Crippen molar-refractivity contribution in [3.8, 4) is 0 Å². The van der Waals surface area contributed by atoms with Crippen LogP contribution in [0.2, 0.25) is 0 Å². The molecule has 1 rings (SSSR count). The Morgan fingerprint density at radius 2 is 2.00 bits per heavy atom. The summed E-state index contributed by atoms with van der Waals surface area (Å²) in [5, 5.41) is 14.0. The third-order valence-electron chi connectivity index (χ3n) is 3.27. The molecule has 1 amide bonds. The minimum Gasteiger partial charge on any atom is -0.390 e. The van der Waals surface area contributed by atoms with Gasteiger partial charge >= 0.3 is 24.0 Å². The van der Waals surface area contributed by atoms with Gasteiger partial charge < -0.3 is 20.5 Å². The van der Waals surface area contributed by atoms with Gasteiger partial charge in [0.15, 0.2) is 6.10 Å². The van der Waals surface area contributed by atoms with E-state index in [2.05, 4.69) is 10.1 Å². The summed E-state index contributed by atoms with van der Waals surface area (Å²) in [6.07, 6.45) is -4.86. The summed E-state index contributed by atoms with van der Waals surface area (Å²) in [6, 6.07) is -0.552. The first-order chi connectivity index (χ1) is 10.7. The van der Waals surface area contributed by atoms with Gasteiger partial charge in [0, 0.05) is 6.54 Å². The molecule has 0 aromatic carbocycles. The second-order valence-corrected chi connectivity index (χ2v) is 5.15. The van der Waals surface area contributed by atoms with Crippen LogP contribution in [-0.4, -0.2) is 54.4 Å². The summed E-state index contributed by atoms with van der Waals surface area (Å²) < 4.78 is 40.2. The molecule has 0 saturated carbocycles. The highest BCUT2D eigenvalue weighted by atomic mass is 19.4. The van der Waals surface area contributed by atoms with Gasteiger partial charge in [0.05, 0.1) is 0 Å². The molecule has 0 aromatic heterocycles. The van der Waals surface area contributed by atoms with Crippen LogP contribution in [0.3, 0.4) is 0 Å². The molecule has 132 valence electrons. The van der Waals surface area contributed by atoms with E-state index >= 15 is 0 Å². The molecule has 1 unspecified atom stereocenters. The van der Waals surface area contributed by atoms with Gasteiger partial charge in [-0.05, 0) is 38.6 Å². The minimum atomic E-state index is -4.93. The third kappa shape index (κ3) is 6.95. The zero-order chi connectivity index (χ0) is 17.5. The Balaban J connectivity index is 2.15. The minimum absolute atomic E-state index is 0.0773. The highest BCUT2D eigenvalue weighted by molar-refractivity contribution is 5.90. The molecule has 1 aliphatic rings. The van der Waals surface area contributed by atoms with Crippen molar-refractivity contribution in [3.63, 3.8) is 0 Å². The van der Waals surface area contributed by atoms with Crippen LogP contribution in [0.5, 0.6) is 0 Å². The van der Waals surface area contributed by atoms with Gasteiger partial charge in [-0.25, -0.2) is 9.59 Å². The van der Waals surface area contributed by atoms with Crippen LogP contribution in [0, 0.1) is 0 Å². The maximum Gasteiger partial charge on any atom is 0.471 e. The Labute approximate surface area is 130 Å². The Hall–Kier alpha value is -1.68. The van der Waals surface area contributed by atoms with Gasteiger partial charge in [0.2, 0.25) is 0 Å². The number of rotatable bonds is 7. The number of nitrogens with one attached hydrogen (secondary N) is 2. The van der Waals surface area contributed by atoms with Crippen LogP contribution in [-0.2, 0) is 19.1 Å². The highest BCUT2D eigenvalue weighted by Gasteiger charge is 2.38. The zero-order valence-electron chi connectivity index (χ0n) is 12.3. The molecule has 1 heterocycles. The van der Waals surface area contributed by atoms with Gasteiger partial charge in [-0.1, -0.05) is 0 Å². The second-order valence-electron chi connectivity index (χ2n) is 5.15. The van der Waals surface area contributed by atoms with Crippen molar-refractivity contribution in [2.75, 3.05) is 13.1 Å². The Morgan fingerprint density at radius 1 is 1.30 bits per heavy atom. The summed E-state index contributed by atoms with van der Waals surface area (Å²) in [4.78, 5) is 33.5. The largest absolute Gasteiger partial charge is 0.471 e. The molecule has 1 aliphatic heterocycles. The van der Waals surface area contributed by atoms with E-state index in [1.54, 1.807) is 5.32 Å². The second kappa shape index (κ2) is 8.82. The fourth-order valence-electron chi connectivity index (χ4n) is 2.01. The van der Waals surface area contributed by atoms with E-state index < -0.39 is 36.2 Å². The van der Waals surface area contributed by atoms with Crippen molar-refractivity contribution in [2.45, 2.75) is 50.4 Å². The fraction of sp³-hybridized carbons (Fsp3) is 0.769. The maximum absolute atomic E-state index is 11.9. The molecule has 23 heavy (non-hydrogen) atoms. The first-order valence-electron chi connectivity index (χ1n) is 7.24. The van der Waals surface area contributed by atoms with Crippen molar-refractivity contribution < 1.29 is 37.4 Å². The molecule has 1 fully saturated rings. The summed E-state index contributed by atoms with van der Waals surface area (Å²) in [5.41, 5.74) is 0. The molecular weight excluding hydrogens is 321 g/mol. The van der Waals surface area contributed by atoms with Crippen LogP contribution in [0.4, 0.5) is 13.2 Å². The lowest BCUT2D eigenvalue weighted by Crippen LogP contribution is -2.37. The monoisotopic (exact) mass is 340 g/mol. The number of esters is 2. The highest BCUT2D eigenvalue weighted by Crippen LogP contribution is 2.14. The summed E-state index contributed by atoms with van der Waals surface area (Å²) in [5.74, 6) is -3.86. The van der Waals surface area contributed by atoms with E-state index in [0.717, 1.165) is 6.42 Å². The number of carbonyl (C=O) groups is 3. The van der Waals surface area contributed by atoms with Crippen molar-refractivity contribution in [1.82, 2.24) is 10.6 Å². The normalized spacial score (nSPS) is 19.2. The van der Waals surface area contributed by atoms with Crippen LogP contribution < -0.4 is 10.6 Å². The summed E-state index contributed by atoms with van der Waals surface area (Å²) in [6.45, 7) is 0.422. The van der Waals surface area contributed by atoms with Crippen molar-refractivity contribution >= 4 is 17.8 Å². The number of aliphatic hydroxyl groups excluding tert-OH is 1. The maximum atomic E-state index is 11.9. The van der Waals surface area contributed by atoms with E-state index in [0.29, 0.717) is 13.0 Å². The SMILES string of the molecule is O=C(OC(=O)[C@@H]1CCCN1)C(O)CCCCNC(=O)C(F)(F)F. The van der Waals surface area contributed by atoms with Gasteiger partial charge in [-0.15, -0.1) is 0 Å². The molecule has 0 spiro atoms. The molecule has 1 saturated heterocycles. The average molecular weight is 340 g/mol. The van der Waals surface area contributed by atoms with Crippen LogP contribution in [0.15, 0.2) is 0 Å². The number of aliphatic hydroxyl groups is 1. The lowest BCUT2D eigenvalue weighted by Gasteiger charge is -2.12. The van der Waals surface area contributed by atoms with Crippen molar-refractivity contribution in [3.05, 3.63) is 0 Å². The zero-order valence-corrected chi connectivity index (χ0v) is 12.3. The van der Waals surface area contributed by atoms with Gasteiger partial charge in [0.25, 0.3) is 0 Å². The molecule has 0 aromatic rings. The molecule has 3 N–H and O–H groups in total. The molecule has 0 radical (unpaired) electrons. The molecule has 2 atom stereocenters. The van der Waals surface area contributed by atoms with E-state index in [-0.39, 0.29) is 25.8 Å². The topological polar surface area (TPSA) is 105 Å². The summed E-state index contributed by atoms with van der Waals surface area (Å²) >= 11 is 0. The van der Waals surface area contributed by atoms with E-state index in [4.69, 9.17) is 0 Å². The van der Waals surface area contributed by atoms with Gasteiger partial charge in [-0.2, -0.15) is 13.2 Å². The molecule has 7 nitrogen and oxygen atoms in total. The number of ether oxygens (including phenoxy) is 1. The molecule has 10 heteroatoms. The lowest BCUT2D eigenvalue weighted by atomic mass is 10.1. The fourth-order valence-corrected chi connectivity index (χ4v) is 2.01. The van der Waals surface area contributed by atoms with Crippen LogP contribution >= 0.6 is 0 Å². The quantitative estimate of drug-likeness (QED) is 0.343. The average Bonchev–Trinajstić information content (AvgIpc) is 2.99. The number of amides is 1. The van der Waals surface area contributed by atoms with Crippen molar-refractivity contribution in [2.24, 2.45) is 0 Å². The predicted molar refractivity (Wildman–Crippen MR) is 71.0 cm³/mol. The number of alkyl halides is 3. The Kier molecular flexibility index (Phi) is 7.43. The predicted octanol–water partition coefficient (Wildman–Crippen LogP) is 0.0179. The Bertz CT molecular complexity index is 436. The summed E-state index contributed by atoms with van der Waals surface area (Å²) in [7, 11) is 0. The molecular formula is C13H19F3N2O5. The molecule has 0 bridgehead atoms. The van der Waals surface area contributed by atoms with E-state index in [9.17, 15) is 32.7 Å².